The Bertz CT molecular complexity index is 777. The fourth-order valence-electron chi connectivity index (χ4n) is 3.28. The second-order valence-electron chi connectivity index (χ2n) is 6.36. The maximum absolute atomic E-state index is 12.2. The Labute approximate surface area is 157 Å². The van der Waals surface area contributed by atoms with Crippen LogP contribution in [0, 0.1) is 0 Å². The number of morpholine rings is 1. The molecule has 1 atom stereocenters. The van der Waals surface area contributed by atoms with E-state index < -0.39 is 6.09 Å². The van der Waals surface area contributed by atoms with Crippen molar-refractivity contribution in [3.63, 3.8) is 0 Å². The van der Waals surface area contributed by atoms with Gasteiger partial charge in [0.2, 0.25) is 6.79 Å². The number of amides is 1. The van der Waals surface area contributed by atoms with Crippen molar-refractivity contribution in [2.75, 3.05) is 39.6 Å². The van der Waals surface area contributed by atoms with Crippen molar-refractivity contribution in [1.29, 1.82) is 0 Å². The summed E-state index contributed by atoms with van der Waals surface area (Å²) >= 11 is 0. The Morgan fingerprint density at radius 1 is 1.07 bits per heavy atom. The van der Waals surface area contributed by atoms with Gasteiger partial charge in [-0.3, -0.25) is 4.90 Å². The van der Waals surface area contributed by atoms with Crippen LogP contribution in [0.25, 0.3) is 0 Å². The predicted molar refractivity (Wildman–Crippen MR) is 98.2 cm³/mol. The average Bonchev–Trinajstić information content (AvgIpc) is 3.18. The molecule has 7 nitrogen and oxygen atoms in total. The van der Waals surface area contributed by atoms with Gasteiger partial charge < -0.3 is 24.3 Å². The molecule has 142 valence electrons. The van der Waals surface area contributed by atoms with E-state index in [0.29, 0.717) is 25.5 Å². The highest BCUT2D eigenvalue weighted by Crippen LogP contribution is 2.35. The summed E-state index contributed by atoms with van der Waals surface area (Å²) < 4.78 is 21.7. The van der Waals surface area contributed by atoms with Gasteiger partial charge in [0.1, 0.15) is 5.75 Å². The zero-order valence-corrected chi connectivity index (χ0v) is 14.9. The van der Waals surface area contributed by atoms with Gasteiger partial charge in [0.15, 0.2) is 11.5 Å². The number of carbonyl (C=O) groups excluding carboxylic acids is 1. The molecule has 0 spiro atoms. The fraction of sp³-hybridized carbons (Fsp3) is 0.350. The molecule has 7 heteroatoms. The maximum atomic E-state index is 12.2. The summed E-state index contributed by atoms with van der Waals surface area (Å²) in [5.74, 6) is 1.99. The van der Waals surface area contributed by atoms with Crippen LogP contribution in [0.4, 0.5) is 4.79 Å². The molecule has 1 N–H and O–H groups in total. The lowest BCUT2D eigenvalue weighted by atomic mass is 10.0. The third kappa shape index (κ3) is 4.32. The number of rotatable bonds is 5. The highest BCUT2D eigenvalue weighted by Gasteiger charge is 2.25. The molecule has 1 unspecified atom stereocenters. The summed E-state index contributed by atoms with van der Waals surface area (Å²) in [6, 6.07) is 14.9. The molecule has 0 aromatic heterocycles. The minimum atomic E-state index is -0.472. The number of para-hydroxylation sites is 1. The first-order chi connectivity index (χ1) is 13.3. The summed E-state index contributed by atoms with van der Waals surface area (Å²) in [4.78, 5) is 14.5. The molecule has 2 aliphatic heterocycles. The Morgan fingerprint density at radius 2 is 1.85 bits per heavy atom. The Hall–Kier alpha value is -2.77. The summed E-state index contributed by atoms with van der Waals surface area (Å²) in [6.07, 6.45) is -0.472. The van der Waals surface area contributed by atoms with E-state index in [-0.39, 0.29) is 12.8 Å². The number of carbonyl (C=O) groups is 1. The van der Waals surface area contributed by atoms with Crippen molar-refractivity contribution in [1.82, 2.24) is 10.2 Å². The lowest BCUT2D eigenvalue weighted by molar-refractivity contribution is 0.0164. The van der Waals surface area contributed by atoms with Gasteiger partial charge in [-0.1, -0.05) is 24.3 Å². The molecule has 0 bridgehead atoms. The molecule has 0 saturated carbocycles. The monoisotopic (exact) mass is 370 g/mol. The average molecular weight is 370 g/mol. The van der Waals surface area contributed by atoms with Crippen molar-refractivity contribution in [2.45, 2.75) is 6.04 Å². The summed E-state index contributed by atoms with van der Waals surface area (Å²) in [7, 11) is 0. The molecule has 0 radical (unpaired) electrons. The van der Waals surface area contributed by atoms with Crippen LogP contribution in [0.1, 0.15) is 11.6 Å². The second kappa shape index (κ2) is 8.28. The number of fused-ring (bicyclic) bond motifs is 1. The summed E-state index contributed by atoms with van der Waals surface area (Å²) in [5.41, 5.74) is 1.06. The number of benzene rings is 2. The molecular formula is C20H22N2O5. The molecule has 2 aromatic carbocycles. The first-order valence-electron chi connectivity index (χ1n) is 9.02. The Morgan fingerprint density at radius 3 is 2.67 bits per heavy atom. The molecule has 0 aliphatic carbocycles. The highest BCUT2D eigenvalue weighted by atomic mass is 16.7. The topological polar surface area (TPSA) is 69.3 Å². The van der Waals surface area contributed by atoms with E-state index in [2.05, 4.69) is 10.2 Å². The fourth-order valence-corrected chi connectivity index (χ4v) is 3.28. The Balaban J connectivity index is 1.45. The van der Waals surface area contributed by atoms with E-state index in [1.807, 2.05) is 36.4 Å². The number of hydrogen-bond acceptors (Lipinski definition) is 6. The van der Waals surface area contributed by atoms with Crippen LogP contribution in [-0.2, 0) is 4.74 Å². The van der Waals surface area contributed by atoms with Crippen LogP contribution in [0.5, 0.6) is 17.2 Å². The lowest BCUT2D eigenvalue weighted by Crippen LogP contribution is -2.44. The van der Waals surface area contributed by atoms with Gasteiger partial charge in [-0.2, -0.15) is 0 Å². The quantitative estimate of drug-likeness (QED) is 0.873. The summed E-state index contributed by atoms with van der Waals surface area (Å²) in [6.45, 7) is 3.61. The van der Waals surface area contributed by atoms with Crippen molar-refractivity contribution in [3.8, 4) is 17.2 Å². The van der Waals surface area contributed by atoms with Crippen molar-refractivity contribution < 1.29 is 23.7 Å². The largest absolute Gasteiger partial charge is 0.454 e. The third-order valence-electron chi connectivity index (χ3n) is 4.66. The van der Waals surface area contributed by atoms with E-state index in [9.17, 15) is 4.79 Å². The molecule has 2 heterocycles. The number of hydrogen-bond donors (Lipinski definition) is 1. The first kappa shape index (κ1) is 17.6. The smallest absolute Gasteiger partial charge is 0.412 e. The molecule has 1 amide bonds. The standard InChI is InChI=1S/C20H22N2O5/c23-20(27-16-4-2-1-3-5-16)21-13-17(22-8-10-24-11-9-22)15-6-7-18-19(12-15)26-14-25-18/h1-7,12,17H,8-11,13-14H2,(H,21,23). The van der Waals surface area contributed by atoms with Gasteiger partial charge >= 0.3 is 6.09 Å². The van der Waals surface area contributed by atoms with Crippen molar-refractivity contribution >= 4 is 6.09 Å². The number of ether oxygens (including phenoxy) is 4. The van der Waals surface area contributed by atoms with E-state index >= 15 is 0 Å². The van der Waals surface area contributed by atoms with E-state index in [1.54, 1.807) is 12.1 Å². The van der Waals surface area contributed by atoms with E-state index in [4.69, 9.17) is 18.9 Å². The molecule has 2 aliphatic rings. The predicted octanol–water partition coefficient (Wildman–Crippen LogP) is 2.58. The van der Waals surface area contributed by atoms with E-state index in [1.165, 1.54) is 0 Å². The normalized spacial score (nSPS) is 17.3. The molecular weight excluding hydrogens is 348 g/mol. The summed E-state index contributed by atoms with van der Waals surface area (Å²) in [5, 5.41) is 2.88. The SMILES string of the molecule is O=C(NCC(c1ccc2c(c1)OCO2)N1CCOCC1)Oc1ccccc1. The van der Waals surface area contributed by atoms with Gasteiger partial charge in [-0.05, 0) is 29.8 Å². The van der Waals surface area contributed by atoms with Crippen LogP contribution in [-0.4, -0.2) is 50.6 Å². The zero-order valence-electron chi connectivity index (χ0n) is 14.9. The third-order valence-corrected chi connectivity index (χ3v) is 4.66. The van der Waals surface area contributed by atoms with Gasteiger partial charge in [0.25, 0.3) is 0 Å². The van der Waals surface area contributed by atoms with Crippen molar-refractivity contribution in [3.05, 3.63) is 54.1 Å². The molecule has 1 saturated heterocycles. The molecule has 1 fully saturated rings. The second-order valence-corrected chi connectivity index (χ2v) is 6.36. The maximum Gasteiger partial charge on any atom is 0.412 e. The van der Waals surface area contributed by atoms with Crippen molar-refractivity contribution in [2.24, 2.45) is 0 Å². The van der Waals surface area contributed by atoms with Crippen LogP contribution >= 0.6 is 0 Å². The van der Waals surface area contributed by atoms with Gasteiger partial charge in [0, 0.05) is 19.6 Å². The van der Waals surface area contributed by atoms with Gasteiger partial charge in [0.05, 0.1) is 19.3 Å². The number of nitrogens with zero attached hydrogens (tertiary/aromatic N) is 1. The molecule has 4 rings (SSSR count). The zero-order chi connectivity index (χ0) is 18.5. The van der Waals surface area contributed by atoms with Crippen LogP contribution in [0.3, 0.4) is 0 Å². The molecule has 2 aromatic rings. The minimum absolute atomic E-state index is 0.00766. The lowest BCUT2D eigenvalue weighted by Gasteiger charge is -2.34. The van der Waals surface area contributed by atoms with Crippen LogP contribution in [0.2, 0.25) is 0 Å². The number of nitrogens with one attached hydrogen (secondary N) is 1. The van der Waals surface area contributed by atoms with Crippen LogP contribution < -0.4 is 19.5 Å². The van der Waals surface area contributed by atoms with E-state index in [0.717, 1.165) is 30.2 Å². The van der Waals surface area contributed by atoms with Gasteiger partial charge in [-0.15, -0.1) is 0 Å². The van der Waals surface area contributed by atoms with Gasteiger partial charge in [-0.25, -0.2) is 4.79 Å². The Kier molecular flexibility index (Phi) is 5.41. The van der Waals surface area contributed by atoms with Crippen LogP contribution in [0.15, 0.2) is 48.5 Å². The highest BCUT2D eigenvalue weighted by molar-refractivity contribution is 5.70. The minimum Gasteiger partial charge on any atom is -0.454 e. The molecule has 27 heavy (non-hydrogen) atoms. The first-order valence-corrected chi connectivity index (χ1v) is 9.02.